The normalized spacial score (nSPS) is 13.8. The van der Waals surface area contributed by atoms with E-state index >= 15 is 0 Å². The van der Waals surface area contributed by atoms with Crippen molar-refractivity contribution in [3.05, 3.63) is 0 Å². The summed E-state index contributed by atoms with van der Waals surface area (Å²) in [4.78, 5) is 12.7. The Bertz CT molecular complexity index is 661. The molecule has 0 aliphatic rings. The fourth-order valence-corrected chi connectivity index (χ4v) is 8.70. The van der Waals surface area contributed by atoms with Crippen molar-refractivity contribution in [2.75, 3.05) is 32.2 Å². The summed E-state index contributed by atoms with van der Waals surface area (Å²) >= 11 is 1.41. The molecule has 0 aromatic heterocycles. The highest BCUT2D eigenvalue weighted by Gasteiger charge is 2.40. The molecule has 0 saturated carbocycles. The standard InChI is InChI=1S/C31H67N2O4PSSi/c1-16-31(17-2,24-37-40(14,15)30(11,12)13)19-18-29(34)39-23-22-35-20-21-36-38(32(25(3)4)26(5)6)33(27(7)8)28(9)10/h25-28H,16-24H2,1-15H3. The van der Waals surface area contributed by atoms with Gasteiger partial charge in [0.2, 0.25) is 0 Å². The van der Waals surface area contributed by atoms with Crippen molar-refractivity contribution in [1.29, 1.82) is 0 Å². The Morgan fingerprint density at radius 2 is 1.30 bits per heavy atom. The average Bonchev–Trinajstić information content (AvgIpc) is 2.82. The van der Waals surface area contributed by atoms with Gasteiger partial charge in [0.05, 0.1) is 19.8 Å². The second-order valence-corrected chi connectivity index (χ2v) is 21.5. The molecule has 0 atom stereocenters. The fraction of sp³-hybridized carbons (Fsp3) is 0.968. The van der Waals surface area contributed by atoms with Crippen LogP contribution in [0, 0.1) is 5.41 Å². The van der Waals surface area contributed by atoms with E-state index in [1.165, 1.54) is 11.8 Å². The number of nitrogens with zero attached hydrogens (tertiary/aromatic N) is 2. The Morgan fingerprint density at radius 3 is 1.70 bits per heavy atom. The summed E-state index contributed by atoms with van der Waals surface area (Å²) in [6, 6.07) is 1.58. The van der Waals surface area contributed by atoms with Gasteiger partial charge in [-0.3, -0.25) is 4.79 Å². The van der Waals surface area contributed by atoms with Crippen molar-refractivity contribution in [3.63, 3.8) is 0 Å². The number of rotatable bonds is 21. The van der Waals surface area contributed by atoms with E-state index in [1.54, 1.807) is 0 Å². The van der Waals surface area contributed by atoms with Gasteiger partial charge in [0, 0.05) is 42.9 Å². The summed E-state index contributed by atoms with van der Waals surface area (Å²) in [5.41, 5.74) is 0.0810. The summed E-state index contributed by atoms with van der Waals surface area (Å²) in [6.07, 6.45) is 3.57. The second-order valence-electron chi connectivity index (χ2n) is 13.8. The van der Waals surface area contributed by atoms with Crippen LogP contribution in [0.2, 0.25) is 18.1 Å². The Morgan fingerprint density at radius 1 is 0.825 bits per heavy atom. The number of thioether (sulfide) groups is 1. The molecule has 0 aliphatic carbocycles. The van der Waals surface area contributed by atoms with Crippen LogP contribution in [0.1, 0.15) is 116 Å². The van der Waals surface area contributed by atoms with Crippen LogP contribution in [-0.2, 0) is 18.5 Å². The molecule has 0 unspecified atom stereocenters. The summed E-state index contributed by atoms with van der Waals surface area (Å²) in [7, 11) is -2.70. The lowest BCUT2D eigenvalue weighted by molar-refractivity contribution is -0.111. The van der Waals surface area contributed by atoms with Gasteiger partial charge in [-0.2, -0.15) is 0 Å². The molecule has 0 heterocycles. The Balaban J connectivity index is 4.70. The lowest BCUT2D eigenvalue weighted by Crippen LogP contribution is -2.44. The largest absolute Gasteiger partial charge is 0.416 e. The molecule has 0 amide bonds. The van der Waals surface area contributed by atoms with E-state index in [0.29, 0.717) is 56.2 Å². The van der Waals surface area contributed by atoms with Crippen molar-refractivity contribution in [2.24, 2.45) is 5.41 Å². The van der Waals surface area contributed by atoms with Crippen molar-refractivity contribution in [3.8, 4) is 0 Å². The summed E-state index contributed by atoms with van der Waals surface area (Å²) < 4.78 is 24.0. The van der Waals surface area contributed by atoms with E-state index in [-0.39, 0.29) is 15.6 Å². The molecule has 0 aromatic rings. The van der Waals surface area contributed by atoms with Crippen LogP contribution in [0.25, 0.3) is 0 Å². The smallest absolute Gasteiger partial charge is 0.192 e. The fourth-order valence-electron chi connectivity index (χ4n) is 4.60. The highest BCUT2D eigenvalue weighted by molar-refractivity contribution is 8.13. The molecule has 0 fully saturated rings. The number of carbonyl (C=O) groups is 1. The highest BCUT2D eigenvalue weighted by Crippen LogP contribution is 2.50. The van der Waals surface area contributed by atoms with Crippen molar-refractivity contribution >= 4 is 33.6 Å². The first-order chi connectivity index (χ1) is 18.4. The van der Waals surface area contributed by atoms with Gasteiger partial charge >= 0.3 is 0 Å². The number of hydrogen-bond acceptors (Lipinski definition) is 7. The quantitative estimate of drug-likeness (QED) is 0.0718. The van der Waals surface area contributed by atoms with Crippen molar-refractivity contribution in [2.45, 2.75) is 158 Å². The van der Waals surface area contributed by atoms with Crippen LogP contribution in [0.15, 0.2) is 0 Å². The molecular weight excluding hydrogens is 555 g/mol. The maximum absolute atomic E-state index is 12.7. The van der Waals surface area contributed by atoms with Gasteiger partial charge < -0.3 is 13.7 Å². The minimum atomic E-state index is -1.80. The van der Waals surface area contributed by atoms with E-state index in [2.05, 4.69) is 112 Å². The predicted molar refractivity (Wildman–Crippen MR) is 181 cm³/mol. The van der Waals surface area contributed by atoms with E-state index < -0.39 is 16.8 Å². The van der Waals surface area contributed by atoms with E-state index in [0.717, 1.165) is 25.9 Å². The SMILES string of the molecule is CCC(CC)(CCC(=O)SCCOCCOP(N(C(C)C)C(C)C)N(C(C)C)C(C)C)CO[Si](C)(C)C(C)(C)C. The first-order valence-corrected chi connectivity index (χ1v) is 20.8. The topological polar surface area (TPSA) is 51.2 Å². The number of ether oxygens (including phenoxy) is 1. The molecule has 0 N–H and O–H groups in total. The van der Waals surface area contributed by atoms with Crippen LogP contribution in [0.5, 0.6) is 0 Å². The highest BCUT2D eigenvalue weighted by atomic mass is 32.2. The Kier molecular flexibility index (Phi) is 19.2. The van der Waals surface area contributed by atoms with Crippen LogP contribution < -0.4 is 0 Å². The van der Waals surface area contributed by atoms with E-state index in [9.17, 15) is 4.79 Å². The maximum atomic E-state index is 12.7. The Hall–Kier alpha value is 0.467. The molecule has 0 aliphatic heterocycles. The lowest BCUT2D eigenvalue weighted by atomic mass is 9.79. The third-order valence-corrected chi connectivity index (χ3v) is 16.8. The van der Waals surface area contributed by atoms with Crippen molar-refractivity contribution < 1.29 is 18.5 Å². The van der Waals surface area contributed by atoms with Gasteiger partial charge in [0.25, 0.3) is 0 Å². The molecule has 6 nitrogen and oxygen atoms in total. The third kappa shape index (κ3) is 13.8. The second kappa shape index (κ2) is 19.0. The molecule has 240 valence electrons. The summed E-state index contributed by atoms with van der Waals surface area (Å²) in [5, 5.41) is 0.458. The predicted octanol–water partition coefficient (Wildman–Crippen LogP) is 9.35. The molecule has 0 spiro atoms. The van der Waals surface area contributed by atoms with Gasteiger partial charge in [0.15, 0.2) is 21.9 Å². The molecule has 0 radical (unpaired) electrons. The molecule has 0 bridgehead atoms. The summed E-state index contributed by atoms with van der Waals surface area (Å²) in [6.45, 7) is 36.3. The van der Waals surface area contributed by atoms with Crippen LogP contribution in [-0.4, -0.2) is 79.1 Å². The first-order valence-electron chi connectivity index (χ1n) is 15.7. The molecule has 0 aromatic carbocycles. The van der Waals surface area contributed by atoms with Crippen LogP contribution in [0.4, 0.5) is 0 Å². The van der Waals surface area contributed by atoms with Crippen LogP contribution >= 0.6 is 20.2 Å². The van der Waals surface area contributed by atoms with Crippen LogP contribution in [0.3, 0.4) is 0 Å². The minimum Gasteiger partial charge on any atom is -0.416 e. The molecule has 40 heavy (non-hydrogen) atoms. The van der Waals surface area contributed by atoms with Gasteiger partial charge in [0.1, 0.15) is 0 Å². The average molecular weight is 623 g/mol. The molecule has 0 saturated heterocycles. The van der Waals surface area contributed by atoms with Gasteiger partial charge in [-0.1, -0.05) is 46.4 Å². The molecular formula is C31H67N2O4PSSi. The lowest BCUT2D eigenvalue weighted by Gasteiger charge is -2.45. The Labute approximate surface area is 256 Å². The molecule has 9 heteroatoms. The third-order valence-electron chi connectivity index (χ3n) is 8.34. The zero-order valence-corrected chi connectivity index (χ0v) is 31.8. The number of hydrogen-bond donors (Lipinski definition) is 0. The minimum absolute atomic E-state index is 0.0810. The molecule has 0 rings (SSSR count). The zero-order chi connectivity index (χ0) is 31.3. The van der Waals surface area contributed by atoms with Gasteiger partial charge in [-0.15, -0.1) is 0 Å². The number of carbonyl (C=O) groups excluding carboxylic acids is 1. The zero-order valence-electron chi connectivity index (χ0n) is 29.1. The van der Waals surface area contributed by atoms with Gasteiger partial charge in [-0.05, 0) is 98.2 Å². The van der Waals surface area contributed by atoms with E-state index in [1.807, 2.05) is 0 Å². The monoisotopic (exact) mass is 622 g/mol. The van der Waals surface area contributed by atoms with E-state index in [4.69, 9.17) is 13.7 Å². The first kappa shape index (κ1) is 40.5. The van der Waals surface area contributed by atoms with Gasteiger partial charge in [-0.25, -0.2) is 9.34 Å². The summed E-state index contributed by atoms with van der Waals surface area (Å²) in [5.74, 6) is 0.688. The maximum Gasteiger partial charge on any atom is 0.192 e. The van der Waals surface area contributed by atoms with Crippen molar-refractivity contribution in [1.82, 2.24) is 9.34 Å².